The molecule has 3 rings (SSSR count). The van der Waals surface area contributed by atoms with Crippen molar-refractivity contribution >= 4 is 17.6 Å². The Morgan fingerprint density at radius 1 is 1.32 bits per heavy atom. The molecule has 2 aliphatic heterocycles. The summed E-state index contributed by atoms with van der Waals surface area (Å²) in [7, 11) is 0. The number of carbonyl (C=O) groups is 2. The molecule has 0 radical (unpaired) electrons. The lowest BCUT2D eigenvalue weighted by molar-refractivity contribution is -0.131. The first-order valence-corrected chi connectivity index (χ1v) is 10.1. The Balaban J connectivity index is 1.50. The second-order valence-corrected chi connectivity index (χ2v) is 8.24. The molecule has 1 atom stereocenters. The van der Waals surface area contributed by atoms with Crippen molar-refractivity contribution in [2.24, 2.45) is 5.92 Å². The number of likely N-dealkylation sites (tertiary alicyclic amines) is 1. The summed E-state index contributed by atoms with van der Waals surface area (Å²) in [6, 6.07) is 6.04. The molecule has 0 bridgehead atoms. The van der Waals surface area contributed by atoms with Gasteiger partial charge in [-0.3, -0.25) is 4.79 Å². The van der Waals surface area contributed by atoms with Gasteiger partial charge in [0.25, 0.3) is 0 Å². The van der Waals surface area contributed by atoms with Crippen molar-refractivity contribution in [2.45, 2.75) is 57.6 Å². The molecule has 1 unspecified atom stereocenters. The average molecular weight is 391 g/mol. The van der Waals surface area contributed by atoms with Gasteiger partial charge in [0.05, 0.1) is 5.60 Å². The molecule has 28 heavy (non-hydrogen) atoms. The first kappa shape index (κ1) is 20.6. The van der Waals surface area contributed by atoms with Crippen LogP contribution in [0.15, 0.2) is 24.3 Å². The van der Waals surface area contributed by atoms with Crippen LogP contribution in [0.4, 0.5) is 14.9 Å². The minimum absolute atomic E-state index is 0.0216. The van der Waals surface area contributed by atoms with Gasteiger partial charge in [0.2, 0.25) is 5.91 Å². The number of nitrogens with zero attached hydrogens (tertiary/aromatic N) is 1. The normalized spacial score (nSPS) is 21.6. The summed E-state index contributed by atoms with van der Waals surface area (Å²) in [5.74, 6) is -0.226. The molecule has 154 valence electrons. The minimum Gasteiger partial charge on any atom is -0.375 e. The maximum atomic E-state index is 13.3. The first-order valence-electron chi connectivity index (χ1n) is 10.1. The summed E-state index contributed by atoms with van der Waals surface area (Å²) in [5.41, 5.74) is 0.243. The van der Waals surface area contributed by atoms with Crippen LogP contribution in [-0.2, 0) is 9.53 Å². The van der Waals surface area contributed by atoms with Gasteiger partial charge in [0, 0.05) is 37.8 Å². The van der Waals surface area contributed by atoms with Crippen LogP contribution < -0.4 is 10.6 Å². The lowest BCUT2D eigenvalue weighted by atomic mass is 9.78. The summed E-state index contributed by atoms with van der Waals surface area (Å²) in [5, 5.41) is 5.71. The molecule has 2 fully saturated rings. The van der Waals surface area contributed by atoms with E-state index in [1.165, 1.54) is 12.1 Å². The van der Waals surface area contributed by atoms with E-state index in [0.29, 0.717) is 31.8 Å². The van der Waals surface area contributed by atoms with Gasteiger partial charge in [-0.25, -0.2) is 9.18 Å². The van der Waals surface area contributed by atoms with Gasteiger partial charge < -0.3 is 20.3 Å². The van der Waals surface area contributed by atoms with Crippen LogP contribution in [0.2, 0.25) is 0 Å². The quantitative estimate of drug-likeness (QED) is 0.825. The second-order valence-electron chi connectivity index (χ2n) is 8.24. The van der Waals surface area contributed by atoms with Gasteiger partial charge in [-0.2, -0.15) is 0 Å². The number of amides is 3. The molecule has 1 aromatic rings. The molecular weight excluding hydrogens is 361 g/mol. The van der Waals surface area contributed by atoms with Crippen LogP contribution in [-0.4, -0.2) is 48.2 Å². The molecule has 0 aromatic heterocycles. The zero-order valence-corrected chi connectivity index (χ0v) is 16.7. The van der Waals surface area contributed by atoms with Crippen LogP contribution in [0.3, 0.4) is 0 Å². The zero-order chi connectivity index (χ0) is 20.1. The molecular formula is C21H30FN3O3. The van der Waals surface area contributed by atoms with Gasteiger partial charge in [-0.05, 0) is 63.6 Å². The first-order chi connectivity index (χ1) is 13.3. The molecule has 2 saturated heterocycles. The molecule has 2 aliphatic rings. The molecule has 0 aliphatic carbocycles. The summed E-state index contributed by atoms with van der Waals surface area (Å²) in [4.78, 5) is 26.4. The van der Waals surface area contributed by atoms with Crippen molar-refractivity contribution < 1.29 is 18.7 Å². The van der Waals surface area contributed by atoms with Crippen molar-refractivity contribution in [3.05, 3.63) is 30.1 Å². The molecule has 0 saturated carbocycles. The van der Waals surface area contributed by atoms with Crippen molar-refractivity contribution in [3.63, 3.8) is 0 Å². The SMILES string of the molecule is CC(C)NC(=O)N1CCC2(CC1)CC(CC(=O)Nc1cccc(F)c1)CCO2. The van der Waals surface area contributed by atoms with E-state index >= 15 is 0 Å². The van der Waals surface area contributed by atoms with Crippen LogP contribution in [0, 0.1) is 11.7 Å². The van der Waals surface area contributed by atoms with Gasteiger partial charge >= 0.3 is 6.03 Å². The Morgan fingerprint density at radius 2 is 2.07 bits per heavy atom. The third-order valence-electron chi connectivity index (χ3n) is 5.55. The topological polar surface area (TPSA) is 70.7 Å². The van der Waals surface area contributed by atoms with Crippen molar-refractivity contribution in [1.82, 2.24) is 10.2 Å². The smallest absolute Gasteiger partial charge is 0.317 e. The van der Waals surface area contributed by atoms with Crippen LogP contribution in [0.25, 0.3) is 0 Å². The van der Waals surface area contributed by atoms with E-state index in [9.17, 15) is 14.0 Å². The second kappa shape index (κ2) is 8.90. The maximum Gasteiger partial charge on any atom is 0.317 e. The van der Waals surface area contributed by atoms with Gasteiger partial charge in [0.15, 0.2) is 0 Å². The van der Waals surface area contributed by atoms with Crippen LogP contribution in [0.1, 0.15) is 46.0 Å². The van der Waals surface area contributed by atoms with Gasteiger partial charge in [-0.15, -0.1) is 0 Å². The fourth-order valence-electron chi connectivity index (χ4n) is 4.15. The number of halogens is 1. The number of hydrogen-bond donors (Lipinski definition) is 2. The van der Waals surface area contributed by atoms with E-state index in [1.807, 2.05) is 18.7 Å². The highest BCUT2D eigenvalue weighted by atomic mass is 19.1. The van der Waals surface area contributed by atoms with Gasteiger partial charge in [-0.1, -0.05) is 6.07 Å². The molecule has 1 spiro atoms. The van der Waals surface area contributed by atoms with Crippen LogP contribution in [0.5, 0.6) is 0 Å². The van der Waals surface area contributed by atoms with Crippen LogP contribution >= 0.6 is 0 Å². The maximum absolute atomic E-state index is 13.3. The number of urea groups is 1. The number of nitrogens with one attached hydrogen (secondary N) is 2. The Bertz CT molecular complexity index is 702. The number of rotatable bonds is 4. The lowest BCUT2D eigenvalue weighted by Gasteiger charge is -2.46. The largest absolute Gasteiger partial charge is 0.375 e. The monoisotopic (exact) mass is 391 g/mol. The predicted molar refractivity (Wildman–Crippen MR) is 106 cm³/mol. The van der Waals surface area contributed by atoms with E-state index in [-0.39, 0.29) is 35.3 Å². The number of piperidine rings is 1. The predicted octanol–water partition coefficient (Wildman–Crippen LogP) is 3.53. The Labute approximate surface area is 165 Å². The number of benzene rings is 1. The number of hydrogen-bond acceptors (Lipinski definition) is 3. The number of anilines is 1. The highest BCUT2D eigenvalue weighted by Gasteiger charge is 2.41. The van der Waals surface area contributed by atoms with Crippen molar-refractivity contribution in [1.29, 1.82) is 0 Å². The standard InChI is InChI=1S/C21H30FN3O3/c1-15(2)23-20(27)25-9-7-21(8-10-25)14-16(6-11-28-21)12-19(26)24-18-5-3-4-17(22)13-18/h3-5,13,15-16H,6-12,14H2,1-2H3,(H,23,27)(H,24,26). The molecule has 2 N–H and O–H groups in total. The fourth-order valence-corrected chi connectivity index (χ4v) is 4.15. The highest BCUT2D eigenvalue weighted by Crippen LogP contribution is 2.38. The molecule has 1 aromatic carbocycles. The Morgan fingerprint density at radius 3 is 2.75 bits per heavy atom. The van der Waals surface area contributed by atoms with E-state index in [4.69, 9.17) is 4.74 Å². The van der Waals surface area contributed by atoms with E-state index in [0.717, 1.165) is 25.7 Å². The molecule has 3 amide bonds. The third-order valence-corrected chi connectivity index (χ3v) is 5.55. The molecule has 7 heteroatoms. The lowest BCUT2D eigenvalue weighted by Crippen LogP contribution is -2.53. The Kier molecular flexibility index (Phi) is 6.54. The Hall–Kier alpha value is -2.15. The minimum atomic E-state index is -0.365. The zero-order valence-electron chi connectivity index (χ0n) is 16.7. The molecule has 2 heterocycles. The van der Waals surface area contributed by atoms with Crippen molar-refractivity contribution in [2.75, 3.05) is 25.0 Å². The fraction of sp³-hybridized carbons (Fsp3) is 0.619. The average Bonchev–Trinajstić information content (AvgIpc) is 2.61. The van der Waals surface area contributed by atoms with E-state index in [1.54, 1.807) is 12.1 Å². The highest BCUT2D eigenvalue weighted by molar-refractivity contribution is 5.90. The number of ether oxygens (including phenoxy) is 1. The van der Waals surface area contributed by atoms with E-state index in [2.05, 4.69) is 10.6 Å². The molecule has 6 nitrogen and oxygen atoms in total. The summed E-state index contributed by atoms with van der Waals surface area (Å²) in [6.45, 7) is 5.87. The third kappa shape index (κ3) is 5.44. The van der Waals surface area contributed by atoms with Gasteiger partial charge in [0.1, 0.15) is 5.82 Å². The summed E-state index contributed by atoms with van der Waals surface area (Å²) >= 11 is 0. The summed E-state index contributed by atoms with van der Waals surface area (Å²) in [6.07, 6.45) is 3.65. The van der Waals surface area contributed by atoms with E-state index < -0.39 is 0 Å². The number of carbonyl (C=O) groups excluding carboxylic acids is 2. The summed E-state index contributed by atoms with van der Waals surface area (Å²) < 4.78 is 19.4. The van der Waals surface area contributed by atoms with Crippen molar-refractivity contribution in [3.8, 4) is 0 Å².